The molecule has 2 aromatic heterocycles. The third-order valence-corrected chi connectivity index (χ3v) is 13.5. The van der Waals surface area contributed by atoms with E-state index in [4.69, 9.17) is 14.3 Å². The molecule has 0 radical (unpaired) electrons. The molecule has 1 amide bonds. The van der Waals surface area contributed by atoms with Crippen molar-refractivity contribution >= 4 is 14.2 Å². The summed E-state index contributed by atoms with van der Waals surface area (Å²) < 4.78 is 45.2. The molecule has 1 aliphatic rings. The molecule has 0 unspecified atom stereocenters. The van der Waals surface area contributed by atoms with Crippen LogP contribution in [0.25, 0.3) is 22.4 Å². The Bertz CT molecular complexity index is 1670. The van der Waals surface area contributed by atoms with Crippen molar-refractivity contribution in [1.82, 2.24) is 19.7 Å². The lowest BCUT2D eigenvalue weighted by molar-refractivity contribution is 0.0666. The van der Waals surface area contributed by atoms with Crippen LogP contribution in [0.1, 0.15) is 62.2 Å². The van der Waals surface area contributed by atoms with Crippen LogP contribution < -0.4 is 4.74 Å². The van der Waals surface area contributed by atoms with Crippen molar-refractivity contribution in [3.8, 4) is 28.1 Å². The van der Waals surface area contributed by atoms with Crippen LogP contribution >= 0.6 is 0 Å². The number of rotatable bonds is 10. The molecule has 3 heterocycles. The number of fused-ring (bicyclic) bond motifs is 1. The topological polar surface area (TPSA) is 69.5 Å². The number of halogens is 2. The lowest BCUT2D eigenvalue weighted by Gasteiger charge is -2.37. The second kappa shape index (κ2) is 12.8. The van der Waals surface area contributed by atoms with Gasteiger partial charge in [0, 0.05) is 42.2 Å². The molecule has 0 fully saturated rings. The molecule has 0 bridgehead atoms. The first-order valence-corrected chi connectivity index (χ1v) is 18.3. The summed E-state index contributed by atoms with van der Waals surface area (Å²) in [5, 5.41) is 4.76. The number of aromatic nitrogens is 3. The second-order valence-corrected chi connectivity index (χ2v) is 18.2. The van der Waals surface area contributed by atoms with Gasteiger partial charge in [-0.15, -0.1) is 0 Å². The van der Waals surface area contributed by atoms with Gasteiger partial charge in [-0.3, -0.25) is 14.5 Å². The maximum absolute atomic E-state index is 16.0. The SMILES string of the molecule is CC(C)c1ccc(COc2ccc(-c3c(-c4ccncc4)nn4c3C(=O)N(CCO[Si](C)(C)C(C)(C)C)CC4)c(F)c2F)cc1. The van der Waals surface area contributed by atoms with Crippen LogP contribution in [0.4, 0.5) is 8.78 Å². The molecular formula is C35H42F2N4O3Si. The van der Waals surface area contributed by atoms with Crippen molar-refractivity contribution in [2.45, 2.75) is 71.8 Å². The maximum Gasteiger partial charge on any atom is 0.272 e. The predicted molar refractivity (Wildman–Crippen MR) is 175 cm³/mol. The largest absolute Gasteiger partial charge is 0.486 e. The van der Waals surface area contributed by atoms with Crippen molar-refractivity contribution in [2.24, 2.45) is 0 Å². The van der Waals surface area contributed by atoms with Crippen LogP contribution in [-0.2, 0) is 17.6 Å². The molecule has 0 aliphatic carbocycles. The van der Waals surface area contributed by atoms with Gasteiger partial charge in [0.15, 0.2) is 19.9 Å². The monoisotopic (exact) mass is 632 g/mol. The van der Waals surface area contributed by atoms with E-state index in [-0.39, 0.29) is 40.1 Å². The molecule has 10 heteroatoms. The summed E-state index contributed by atoms with van der Waals surface area (Å²) in [4.78, 5) is 19.8. The molecule has 7 nitrogen and oxygen atoms in total. The standard InChI is InChI=1S/C35H42F2N4O3Si/c1-23(2)25-10-8-24(9-11-25)22-43-28-13-12-27(30(36)31(28)37)29-32(26-14-16-38-17-15-26)39-41-19-18-40(34(42)33(29)41)20-21-44-45(6,7)35(3,4)5/h8-17,23H,18-22H2,1-7H3. The van der Waals surface area contributed by atoms with Gasteiger partial charge >= 0.3 is 0 Å². The summed E-state index contributed by atoms with van der Waals surface area (Å²) in [6, 6.07) is 14.2. The number of carbonyl (C=O) groups excluding carboxylic acids is 1. The summed E-state index contributed by atoms with van der Waals surface area (Å²) in [6.45, 7) is 16.8. The predicted octanol–water partition coefficient (Wildman–Crippen LogP) is 8.07. The average molecular weight is 633 g/mol. The minimum atomic E-state index is -2.01. The molecular weight excluding hydrogens is 590 g/mol. The van der Waals surface area contributed by atoms with E-state index in [0.717, 1.165) is 5.56 Å². The normalized spacial score (nSPS) is 13.8. The van der Waals surface area contributed by atoms with Crippen molar-refractivity contribution in [2.75, 3.05) is 19.7 Å². The fraction of sp³-hybridized carbons (Fsp3) is 0.400. The minimum absolute atomic E-state index is 0.0417. The Morgan fingerprint density at radius 3 is 2.29 bits per heavy atom. The molecule has 0 N–H and O–H groups in total. The number of benzene rings is 2. The smallest absolute Gasteiger partial charge is 0.272 e. The van der Waals surface area contributed by atoms with Crippen LogP contribution in [0.15, 0.2) is 60.9 Å². The molecule has 0 atom stereocenters. The highest BCUT2D eigenvalue weighted by atomic mass is 28.4. The van der Waals surface area contributed by atoms with Crippen LogP contribution in [0.2, 0.25) is 18.1 Å². The van der Waals surface area contributed by atoms with Gasteiger partial charge in [0.2, 0.25) is 5.82 Å². The van der Waals surface area contributed by atoms with Crippen molar-refractivity contribution in [3.63, 3.8) is 0 Å². The van der Waals surface area contributed by atoms with Crippen molar-refractivity contribution in [3.05, 3.63) is 89.4 Å². The molecule has 2 aromatic carbocycles. The van der Waals surface area contributed by atoms with Gasteiger partial charge in [-0.25, -0.2) is 4.39 Å². The van der Waals surface area contributed by atoms with Crippen LogP contribution in [-0.4, -0.2) is 53.6 Å². The molecule has 4 aromatic rings. The van der Waals surface area contributed by atoms with Crippen LogP contribution in [0, 0.1) is 11.6 Å². The molecule has 0 spiro atoms. The van der Waals surface area contributed by atoms with Gasteiger partial charge in [0.05, 0.1) is 13.2 Å². The third-order valence-electron chi connectivity index (χ3n) is 8.96. The van der Waals surface area contributed by atoms with Crippen molar-refractivity contribution in [1.29, 1.82) is 0 Å². The van der Waals surface area contributed by atoms with E-state index in [9.17, 15) is 4.79 Å². The summed E-state index contributed by atoms with van der Waals surface area (Å²) in [6.07, 6.45) is 3.21. The van der Waals surface area contributed by atoms with E-state index >= 15 is 8.78 Å². The molecule has 1 aliphatic heterocycles. The van der Waals surface area contributed by atoms with E-state index in [1.54, 1.807) is 34.1 Å². The Balaban J connectivity index is 1.46. The minimum Gasteiger partial charge on any atom is -0.486 e. The highest BCUT2D eigenvalue weighted by Gasteiger charge is 2.38. The lowest BCUT2D eigenvalue weighted by atomic mass is 9.97. The fourth-order valence-electron chi connectivity index (χ4n) is 5.11. The summed E-state index contributed by atoms with van der Waals surface area (Å²) >= 11 is 0. The van der Waals surface area contributed by atoms with Gasteiger partial charge in [-0.2, -0.15) is 9.49 Å². The number of nitrogens with zero attached hydrogens (tertiary/aromatic N) is 4. The summed E-state index contributed by atoms with van der Waals surface area (Å²) in [5.41, 5.74) is 3.47. The van der Waals surface area contributed by atoms with E-state index < -0.39 is 20.0 Å². The number of hydrogen-bond donors (Lipinski definition) is 0. The fourth-order valence-corrected chi connectivity index (χ4v) is 6.15. The number of hydrogen-bond acceptors (Lipinski definition) is 5. The van der Waals surface area contributed by atoms with Gasteiger partial charge in [-0.1, -0.05) is 58.9 Å². The van der Waals surface area contributed by atoms with Gasteiger partial charge < -0.3 is 14.1 Å². The number of amides is 1. The Labute approximate surface area is 265 Å². The number of ether oxygens (including phenoxy) is 1. The number of carbonyl (C=O) groups is 1. The van der Waals surface area contributed by atoms with Crippen LogP contribution in [0.5, 0.6) is 5.75 Å². The highest BCUT2D eigenvalue weighted by molar-refractivity contribution is 6.74. The summed E-state index contributed by atoms with van der Waals surface area (Å²) in [5.74, 6) is -2.32. The molecule has 45 heavy (non-hydrogen) atoms. The molecule has 0 saturated carbocycles. The first-order valence-electron chi connectivity index (χ1n) is 15.4. The highest BCUT2D eigenvalue weighted by Crippen LogP contribution is 2.40. The van der Waals surface area contributed by atoms with E-state index in [1.165, 1.54) is 17.7 Å². The van der Waals surface area contributed by atoms with Crippen molar-refractivity contribution < 1.29 is 22.7 Å². The van der Waals surface area contributed by atoms with E-state index in [1.807, 2.05) is 24.3 Å². The zero-order valence-corrected chi connectivity index (χ0v) is 28.2. The third kappa shape index (κ3) is 6.72. The van der Waals surface area contributed by atoms with E-state index in [0.29, 0.717) is 43.4 Å². The number of pyridine rings is 1. The zero-order valence-electron chi connectivity index (χ0n) is 27.2. The zero-order chi connectivity index (χ0) is 32.5. The Morgan fingerprint density at radius 2 is 1.64 bits per heavy atom. The van der Waals surface area contributed by atoms with Gasteiger partial charge in [-0.05, 0) is 59.4 Å². The first-order chi connectivity index (χ1) is 21.3. The van der Waals surface area contributed by atoms with Crippen LogP contribution in [0.3, 0.4) is 0 Å². The quantitative estimate of drug-likeness (QED) is 0.165. The lowest BCUT2D eigenvalue weighted by Crippen LogP contribution is -2.46. The molecule has 238 valence electrons. The van der Waals surface area contributed by atoms with E-state index in [2.05, 4.69) is 52.7 Å². The van der Waals surface area contributed by atoms with Gasteiger partial charge in [0.1, 0.15) is 18.0 Å². The Kier molecular flexibility index (Phi) is 9.28. The first kappa shape index (κ1) is 32.5. The Hall–Kier alpha value is -3.89. The average Bonchev–Trinajstić information content (AvgIpc) is 3.39. The maximum atomic E-state index is 16.0. The molecule has 0 saturated heterocycles. The second-order valence-electron chi connectivity index (χ2n) is 13.4. The summed E-state index contributed by atoms with van der Waals surface area (Å²) in [7, 11) is -2.01. The van der Waals surface area contributed by atoms with Gasteiger partial charge in [0.25, 0.3) is 5.91 Å². The Morgan fingerprint density at radius 1 is 0.956 bits per heavy atom. The molecule has 5 rings (SSSR count).